The Hall–Kier alpha value is -4.32. The largest absolute Gasteiger partial charge is 0.416 e. The maximum atomic E-state index is 13.3. The van der Waals surface area contributed by atoms with E-state index in [4.69, 9.17) is 0 Å². The summed E-state index contributed by atoms with van der Waals surface area (Å²) in [5.41, 5.74) is 3.98. The molecule has 3 nitrogen and oxygen atoms in total. The number of nitrogens with one attached hydrogen (secondary N) is 1. The number of alkyl halides is 3. The zero-order valence-electron chi connectivity index (χ0n) is 20.7. The number of para-hydroxylation sites is 1. The van der Waals surface area contributed by atoms with Crippen LogP contribution in [0.25, 0.3) is 10.9 Å². The van der Waals surface area contributed by atoms with E-state index in [2.05, 4.69) is 22.0 Å². The van der Waals surface area contributed by atoms with Crippen LogP contribution in [0.1, 0.15) is 40.2 Å². The topological polar surface area (TPSA) is 34.0 Å². The van der Waals surface area contributed by atoms with Crippen LogP contribution in [-0.4, -0.2) is 10.5 Å². The van der Waals surface area contributed by atoms with E-state index in [1.54, 1.807) is 0 Å². The summed E-state index contributed by atoms with van der Waals surface area (Å²) in [4.78, 5) is 13.1. The van der Waals surface area contributed by atoms with E-state index >= 15 is 0 Å². The molecule has 0 saturated heterocycles. The number of carbonyl (C=O) groups excluding carboxylic acids is 1. The van der Waals surface area contributed by atoms with E-state index < -0.39 is 17.7 Å². The van der Waals surface area contributed by atoms with E-state index in [0.29, 0.717) is 18.7 Å². The van der Waals surface area contributed by atoms with Crippen molar-refractivity contribution in [2.24, 2.45) is 0 Å². The molecule has 5 aromatic rings. The minimum Gasteiger partial charge on any atom is -0.352 e. The molecule has 6 heteroatoms. The third-order valence-electron chi connectivity index (χ3n) is 6.75. The first-order valence-electron chi connectivity index (χ1n) is 12.5. The molecule has 0 aliphatic rings. The van der Waals surface area contributed by atoms with Crippen molar-refractivity contribution in [3.05, 3.63) is 143 Å². The van der Waals surface area contributed by atoms with Crippen LogP contribution >= 0.6 is 0 Å². The Labute approximate surface area is 219 Å². The van der Waals surface area contributed by atoms with Crippen LogP contribution in [-0.2, 0) is 24.1 Å². The van der Waals surface area contributed by atoms with E-state index in [-0.39, 0.29) is 12.3 Å². The van der Waals surface area contributed by atoms with Crippen LogP contribution in [0, 0.1) is 0 Å². The summed E-state index contributed by atoms with van der Waals surface area (Å²) in [6.45, 7) is 1.02. The molecule has 0 aliphatic heterocycles. The van der Waals surface area contributed by atoms with Crippen LogP contribution in [0.2, 0.25) is 0 Å². The van der Waals surface area contributed by atoms with Gasteiger partial charge in [0, 0.05) is 42.5 Å². The highest BCUT2D eigenvalue weighted by Gasteiger charge is 2.31. The number of aromatic nitrogens is 1. The third-order valence-corrected chi connectivity index (χ3v) is 6.75. The van der Waals surface area contributed by atoms with Crippen LogP contribution in [0.5, 0.6) is 0 Å². The number of amides is 1. The predicted molar refractivity (Wildman–Crippen MR) is 144 cm³/mol. The molecule has 0 unspecified atom stereocenters. The van der Waals surface area contributed by atoms with Crippen molar-refractivity contribution in [2.45, 2.75) is 31.6 Å². The van der Waals surface area contributed by atoms with Gasteiger partial charge in [-0.25, -0.2) is 0 Å². The Balaban J connectivity index is 1.51. The number of hydrogen-bond acceptors (Lipinski definition) is 1. The first-order chi connectivity index (χ1) is 18.4. The van der Waals surface area contributed by atoms with Crippen molar-refractivity contribution in [2.75, 3.05) is 0 Å². The molecular formula is C32H27F3N2O. The summed E-state index contributed by atoms with van der Waals surface area (Å²) >= 11 is 0. The van der Waals surface area contributed by atoms with Crippen molar-refractivity contribution >= 4 is 16.8 Å². The van der Waals surface area contributed by atoms with Gasteiger partial charge >= 0.3 is 6.18 Å². The highest BCUT2D eigenvalue weighted by atomic mass is 19.4. The summed E-state index contributed by atoms with van der Waals surface area (Å²) < 4.78 is 41.9. The smallest absolute Gasteiger partial charge is 0.352 e. The molecule has 0 fully saturated rings. The van der Waals surface area contributed by atoms with Crippen LogP contribution in [0.4, 0.5) is 13.2 Å². The van der Waals surface area contributed by atoms with Crippen LogP contribution < -0.4 is 5.32 Å². The van der Waals surface area contributed by atoms with E-state index in [1.807, 2.05) is 79.0 Å². The molecular weight excluding hydrogens is 485 g/mol. The highest BCUT2D eigenvalue weighted by Crippen LogP contribution is 2.37. The summed E-state index contributed by atoms with van der Waals surface area (Å²) in [5.74, 6) is -0.589. The molecule has 192 valence electrons. The quantitative estimate of drug-likeness (QED) is 0.229. The second-order valence-electron chi connectivity index (χ2n) is 9.35. The monoisotopic (exact) mass is 512 g/mol. The lowest BCUT2D eigenvalue weighted by molar-refractivity contribution is -0.137. The van der Waals surface area contributed by atoms with Gasteiger partial charge in [0.25, 0.3) is 0 Å². The summed E-state index contributed by atoms with van der Waals surface area (Å²) in [6, 6.07) is 32.8. The lowest BCUT2D eigenvalue weighted by Gasteiger charge is -2.18. The molecule has 5 rings (SSSR count). The lowest BCUT2D eigenvalue weighted by Crippen LogP contribution is -2.25. The van der Waals surface area contributed by atoms with Crippen molar-refractivity contribution in [1.82, 2.24) is 9.88 Å². The molecule has 0 saturated carbocycles. The standard InChI is InChI=1S/C32H27F3N2O/c33-32(34,35)26-17-15-25(16-18-26)28(19-31(38)36-20-23-9-3-1-4-10-23)29-22-37(21-24-11-5-2-6-12-24)30-14-8-7-13-27(29)30/h1-18,22,28H,19-21H2,(H,36,38)/t28-/m1/s1. The number of hydrogen-bond donors (Lipinski definition) is 1. The Morgan fingerprint density at radius 3 is 2.03 bits per heavy atom. The van der Waals surface area contributed by atoms with Gasteiger partial charge in [-0.3, -0.25) is 4.79 Å². The van der Waals surface area contributed by atoms with E-state index in [9.17, 15) is 18.0 Å². The molecule has 1 aromatic heterocycles. The molecule has 0 bridgehead atoms. The first-order valence-corrected chi connectivity index (χ1v) is 12.5. The van der Waals surface area contributed by atoms with Crippen molar-refractivity contribution in [1.29, 1.82) is 0 Å². The van der Waals surface area contributed by atoms with Gasteiger partial charge in [0.05, 0.1) is 5.56 Å². The average Bonchev–Trinajstić information content (AvgIpc) is 3.29. The summed E-state index contributed by atoms with van der Waals surface area (Å²) in [5, 5.41) is 3.95. The molecule has 1 amide bonds. The zero-order valence-corrected chi connectivity index (χ0v) is 20.7. The summed E-state index contributed by atoms with van der Waals surface area (Å²) in [7, 11) is 0. The van der Waals surface area contributed by atoms with Gasteiger partial charge in [0.15, 0.2) is 0 Å². The molecule has 4 aromatic carbocycles. The fourth-order valence-corrected chi connectivity index (χ4v) is 4.83. The van der Waals surface area contributed by atoms with Gasteiger partial charge in [0.2, 0.25) is 5.91 Å². The first kappa shape index (κ1) is 25.3. The normalized spacial score (nSPS) is 12.4. The number of rotatable bonds is 8. The molecule has 1 atom stereocenters. The number of carbonyl (C=O) groups is 1. The van der Waals surface area contributed by atoms with Gasteiger partial charge in [-0.05, 0) is 40.5 Å². The number of fused-ring (bicyclic) bond motifs is 1. The molecule has 0 spiro atoms. The Morgan fingerprint density at radius 2 is 1.37 bits per heavy atom. The number of halogens is 3. The Kier molecular flexibility index (Phi) is 7.31. The van der Waals surface area contributed by atoms with Gasteiger partial charge in [0.1, 0.15) is 0 Å². The second-order valence-corrected chi connectivity index (χ2v) is 9.35. The molecule has 0 aliphatic carbocycles. The Morgan fingerprint density at radius 1 is 0.763 bits per heavy atom. The van der Waals surface area contributed by atoms with Crippen molar-refractivity contribution < 1.29 is 18.0 Å². The second kappa shape index (κ2) is 11.0. The minimum atomic E-state index is -4.42. The average molecular weight is 513 g/mol. The van der Waals surface area contributed by atoms with Crippen molar-refractivity contribution in [3.8, 4) is 0 Å². The maximum absolute atomic E-state index is 13.3. The van der Waals surface area contributed by atoms with E-state index in [1.165, 1.54) is 12.1 Å². The fraction of sp³-hybridized carbons (Fsp3) is 0.156. The third kappa shape index (κ3) is 5.80. The van der Waals surface area contributed by atoms with Gasteiger partial charge in [-0.15, -0.1) is 0 Å². The van der Waals surface area contributed by atoms with Gasteiger partial charge < -0.3 is 9.88 Å². The fourth-order valence-electron chi connectivity index (χ4n) is 4.83. The predicted octanol–water partition coefficient (Wildman–Crippen LogP) is 7.55. The zero-order chi connectivity index (χ0) is 26.5. The number of nitrogens with zero attached hydrogens (tertiary/aromatic N) is 1. The number of benzene rings is 4. The Bertz CT molecular complexity index is 1510. The summed E-state index contributed by atoms with van der Waals surface area (Å²) in [6.07, 6.45) is -2.28. The molecule has 38 heavy (non-hydrogen) atoms. The minimum absolute atomic E-state index is 0.109. The molecule has 1 heterocycles. The van der Waals surface area contributed by atoms with E-state index in [0.717, 1.165) is 39.7 Å². The van der Waals surface area contributed by atoms with Crippen LogP contribution in [0.15, 0.2) is 115 Å². The SMILES string of the molecule is O=C(C[C@H](c1ccc(C(F)(F)F)cc1)c1cn(Cc2ccccc2)c2ccccc12)NCc1ccccc1. The lowest BCUT2D eigenvalue weighted by atomic mass is 9.87. The molecule has 1 N–H and O–H groups in total. The maximum Gasteiger partial charge on any atom is 0.416 e. The van der Waals surface area contributed by atoms with Gasteiger partial charge in [-0.1, -0.05) is 91.0 Å². The van der Waals surface area contributed by atoms with Crippen LogP contribution in [0.3, 0.4) is 0 Å². The molecule has 0 radical (unpaired) electrons. The van der Waals surface area contributed by atoms with Crippen molar-refractivity contribution in [3.63, 3.8) is 0 Å². The highest BCUT2D eigenvalue weighted by molar-refractivity contribution is 5.86. The van der Waals surface area contributed by atoms with Gasteiger partial charge in [-0.2, -0.15) is 13.2 Å².